The van der Waals surface area contributed by atoms with Gasteiger partial charge in [0, 0.05) is 17.1 Å². The summed E-state index contributed by atoms with van der Waals surface area (Å²) in [5.41, 5.74) is 2.11. The number of aromatic nitrogens is 1. The first-order chi connectivity index (χ1) is 23.3. The van der Waals surface area contributed by atoms with Crippen molar-refractivity contribution in [2.24, 2.45) is 0 Å². The zero-order chi connectivity index (χ0) is 35.3. The zero-order valence-electron chi connectivity index (χ0n) is 27.7. The molecule has 10 heteroatoms. The lowest BCUT2D eigenvalue weighted by atomic mass is 9.84. The van der Waals surface area contributed by atoms with Crippen LogP contribution in [0, 0.1) is 6.92 Å². The van der Waals surface area contributed by atoms with Crippen molar-refractivity contribution in [1.29, 1.82) is 0 Å². The molecular weight excluding hydrogens is 686 g/mol. The molecule has 0 unspecified atom stereocenters. The summed E-state index contributed by atoms with van der Waals surface area (Å²) in [5.74, 6) is -1.18. The maximum absolute atomic E-state index is 14.0. The fraction of sp³-hybridized carbons (Fsp3) is 0.231. The highest BCUT2D eigenvalue weighted by Crippen LogP contribution is 2.25. The monoisotopic (exact) mass is 723 g/mol. The molecule has 2 amide bonds. The molecule has 0 fully saturated rings. The largest absolute Gasteiger partial charge is 0.497 e. The first-order valence-corrected chi connectivity index (χ1v) is 16.6. The Morgan fingerprint density at radius 2 is 1.53 bits per heavy atom. The maximum Gasteiger partial charge on any atom is 0.313 e. The zero-order valence-corrected chi connectivity index (χ0v) is 29.3. The van der Waals surface area contributed by atoms with E-state index in [-0.39, 0.29) is 31.0 Å². The number of halogens is 1. The number of hydrogen-bond donors (Lipinski definition) is 3. The van der Waals surface area contributed by atoms with Crippen LogP contribution in [-0.2, 0) is 39.2 Å². The summed E-state index contributed by atoms with van der Waals surface area (Å²) >= 11 is 3.53. The molecule has 4 aromatic carbocycles. The van der Waals surface area contributed by atoms with Crippen molar-refractivity contribution in [3.05, 3.63) is 140 Å². The topological polar surface area (TPSA) is 127 Å². The van der Waals surface area contributed by atoms with Crippen molar-refractivity contribution in [2.75, 3.05) is 12.4 Å². The summed E-state index contributed by atoms with van der Waals surface area (Å²) < 4.78 is 7.37. The van der Waals surface area contributed by atoms with Gasteiger partial charge in [0.25, 0.3) is 5.56 Å². The van der Waals surface area contributed by atoms with Crippen LogP contribution in [0.3, 0.4) is 0 Å². The third-order valence-electron chi connectivity index (χ3n) is 8.72. The third-order valence-corrected chi connectivity index (χ3v) is 9.52. The van der Waals surface area contributed by atoms with Crippen LogP contribution in [0.5, 0.6) is 5.75 Å². The number of carboxylic acids is 1. The first-order valence-electron chi connectivity index (χ1n) is 15.8. The molecule has 3 N–H and O–H groups in total. The fourth-order valence-corrected chi connectivity index (χ4v) is 5.97. The summed E-state index contributed by atoms with van der Waals surface area (Å²) in [4.78, 5) is 52.9. The Morgan fingerprint density at radius 3 is 2.18 bits per heavy atom. The highest BCUT2D eigenvalue weighted by molar-refractivity contribution is 9.10. The van der Waals surface area contributed by atoms with Gasteiger partial charge in [0.05, 0.1) is 25.5 Å². The van der Waals surface area contributed by atoms with E-state index in [0.29, 0.717) is 26.9 Å². The van der Waals surface area contributed by atoms with Gasteiger partial charge in [0.15, 0.2) is 0 Å². The number of hydrogen-bond acceptors (Lipinski definition) is 5. The Morgan fingerprint density at radius 1 is 0.898 bits per heavy atom. The summed E-state index contributed by atoms with van der Waals surface area (Å²) in [6, 6.07) is 26.9. The summed E-state index contributed by atoms with van der Waals surface area (Å²) in [6.07, 6.45) is 1.83. The molecule has 0 bridgehead atoms. The van der Waals surface area contributed by atoms with Crippen molar-refractivity contribution < 1.29 is 24.2 Å². The summed E-state index contributed by atoms with van der Waals surface area (Å²) in [7, 11) is 1.58. The molecule has 0 saturated heterocycles. The van der Waals surface area contributed by atoms with E-state index in [4.69, 9.17) is 4.74 Å². The van der Waals surface area contributed by atoms with Crippen LogP contribution >= 0.6 is 15.9 Å². The Bertz CT molecular complexity index is 2070. The number of carbonyl (C=O) groups is 3. The van der Waals surface area contributed by atoms with Crippen LogP contribution in [0.15, 0.2) is 106 Å². The smallest absolute Gasteiger partial charge is 0.313 e. The second-order valence-electron chi connectivity index (χ2n) is 12.6. The number of pyridine rings is 1. The van der Waals surface area contributed by atoms with Crippen LogP contribution in [-0.4, -0.2) is 40.6 Å². The molecule has 252 valence electrons. The molecule has 0 aliphatic rings. The molecule has 1 aromatic heterocycles. The fourth-order valence-electron chi connectivity index (χ4n) is 5.52. The SMILES string of the molecule is COc1ccc(Cn2cc(Br)c(C)c(NC(=O)[C@H](Cc3ccc(C(C)(C)C(=O)O)cc3)NC(=O)Cc3ccc4ccccc4c3)c2=O)cc1. The Balaban J connectivity index is 1.41. The molecular formula is C39H38BrN3O6. The predicted molar refractivity (Wildman–Crippen MR) is 194 cm³/mol. The molecule has 5 aromatic rings. The number of methoxy groups -OCH3 is 1. The minimum Gasteiger partial charge on any atom is -0.497 e. The summed E-state index contributed by atoms with van der Waals surface area (Å²) in [6.45, 7) is 5.23. The van der Waals surface area contributed by atoms with Gasteiger partial charge >= 0.3 is 5.97 Å². The lowest BCUT2D eigenvalue weighted by Gasteiger charge is -2.22. The van der Waals surface area contributed by atoms with Gasteiger partial charge in [-0.1, -0.05) is 78.9 Å². The number of carboxylic acid groups (broad SMARTS) is 1. The Kier molecular flexibility index (Phi) is 10.7. The lowest BCUT2D eigenvalue weighted by Crippen LogP contribution is -2.46. The van der Waals surface area contributed by atoms with E-state index in [1.165, 1.54) is 4.57 Å². The van der Waals surface area contributed by atoms with Crippen LogP contribution in [0.1, 0.15) is 41.7 Å². The van der Waals surface area contributed by atoms with Crippen molar-refractivity contribution in [2.45, 2.75) is 51.6 Å². The average Bonchev–Trinajstić information content (AvgIpc) is 3.09. The van der Waals surface area contributed by atoms with E-state index in [9.17, 15) is 24.3 Å². The normalized spacial score (nSPS) is 11.9. The number of rotatable bonds is 12. The van der Waals surface area contributed by atoms with Crippen molar-refractivity contribution in [1.82, 2.24) is 9.88 Å². The number of anilines is 1. The van der Waals surface area contributed by atoms with E-state index in [1.807, 2.05) is 66.7 Å². The van der Waals surface area contributed by atoms with Gasteiger partial charge in [-0.15, -0.1) is 0 Å². The van der Waals surface area contributed by atoms with Gasteiger partial charge in [-0.25, -0.2) is 0 Å². The van der Waals surface area contributed by atoms with E-state index in [0.717, 1.165) is 21.9 Å². The van der Waals surface area contributed by atoms with Gasteiger partial charge in [-0.05, 0) is 87.4 Å². The number of fused-ring (bicyclic) bond motifs is 1. The van der Waals surface area contributed by atoms with Crippen molar-refractivity contribution in [3.8, 4) is 5.75 Å². The molecule has 0 saturated carbocycles. The number of nitrogens with one attached hydrogen (secondary N) is 2. The number of aliphatic carboxylic acids is 1. The quantitative estimate of drug-likeness (QED) is 0.137. The first kappa shape index (κ1) is 35.1. The van der Waals surface area contributed by atoms with E-state index in [2.05, 4.69) is 26.6 Å². The van der Waals surface area contributed by atoms with E-state index in [1.54, 1.807) is 58.3 Å². The second-order valence-corrected chi connectivity index (χ2v) is 13.4. The highest BCUT2D eigenvalue weighted by Gasteiger charge is 2.30. The molecule has 1 heterocycles. The van der Waals surface area contributed by atoms with E-state index >= 15 is 0 Å². The van der Waals surface area contributed by atoms with Gasteiger partial charge in [-0.2, -0.15) is 0 Å². The molecule has 0 aliphatic carbocycles. The number of carbonyl (C=O) groups excluding carboxylic acids is 2. The van der Waals surface area contributed by atoms with Gasteiger partial charge in [-0.3, -0.25) is 19.2 Å². The van der Waals surface area contributed by atoms with Crippen molar-refractivity contribution >= 4 is 50.2 Å². The molecule has 0 aliphatic heterocycles. The minimum atomic E-state index is -1.10. The lowest BCUT2D eigenvalue weighted by molar-refractivity contribution is -0.142. The predicted octanol–water partition coefficient (Wildman–Crippen LogP) is 6.40. The Labute approximate surface area is 293 Å². The molecule has 5 rings (SSSR count). The molecule has 0 spiro atoms. The third kappa shape index (κ3) is 8.26. The van der Waals surface area contributed by atoms with Crippen LogP contribution in [0.4, 0.5) is 5.69 Å². The number of ether oxygens (including phenoxy) is 1. The molecule has 9 nitrogen and oxygen atoms in total. The summed E-state index contributed by atoms with van der Waals surface area (Å²) in [5, 5.41) is 17.4. The van der Waals surface area contributed by atoms with E-state index < -0.39 is 28.9 Å². The molecule has 49 heavy (non-hydrogen) atoms. The average molecular weight is 725 g/mol. The van der Waals surface area contributed by atoms with Gasteiger partial charge < -0.3 is 25.0 Å². The van der Waals surface area contributed by atoms with Gasteiger partial charge in [0.2, 0.25) is 11.8 Å². The number of benzene rings is 4. The molecule has 1 atom stereocenters. The van der Waals surface area contributed by atoms with Crippen LogP contribution < -0.4 is 20.9 Å². The maximum atomic E-state index is 14.0. The molecule has 0 radical (unpaired) electrons. The minimum absolute atomic E-state index is 0.0466. The van der Waals surface area contributed by atoms with Crippen LogP contribution in [0.25, 0.3) is 10.8 Å². The second kappa shape index (κ2) is 14.9. The highest BCUT2D eigenvalue weighted by atomic mass is 79.9. The number of amides is 2. The Hall–Kier alpha value is -5.22. The standard InChI is InChI=1S/C39H38BrN3O6/c1-24-32(40)23-43(22-26-12-17-31(49-4)18-13-26)37(46)35(24)42-36(45)33(20-25-10-15-30(16-11-25)39(2,3)38(47)48)41-34(44)21-27-9-14-28-7-5-6-8-29(28)19-27/h5-19,23,33H,20-22H2,1-4H3,(H,41,44)(H,42,45)(H,47,48)/t33-/m0/s1. The van der Waals surface area contributed by atoms with Crippen LogP contribution in [0.2, 0.25) is 0 Å². The number of nitrogens with zero attached hydrogens (tertiary/aromatic N) is 1. The van der Waals surface area contributed by atoms with Crippen molar-refractivity contribution in [3.63, 3.8) is 0 Å². The van der Waals surface area contributed by atoms with Gasteiger partial charge in [0.1, 0.15) is 17.5 Å².